The zero-order valence-corrected chi connectivity index (χ0v) is 14.7. The summed E-state index contributed by atoms with van der Waals surface area (Å²) in [7, 11) is 0. The van der Waals surface area contributed by atoms with E-state index in [4.69, 9.17) is 11.6 Å². The number of hydrogen-bond acceptors (Lipinski definition) is 4. The number of nitrogens with zero attached hydrogens (tertiary/aromatic N) is 2. The van der Waals surface area contributed by atoms with Crippen molar-refractivity contribution in [2.45, 2.75) is 22.9 Å². The van der Waals surface area contributed by atoms with E-state index < -0.39 is 0 Å². The molecule has 0 spiro atoms. The summed E-state index contributed by atoms with van der Waals surface area (Å²) in [4.78, 5) is 8.92. The van der Waals surface area contributed by atoms with Crippen LogP contribution in [0.15, 0.2) is 52.6 Å². The van der Waals surface area contributed by atoms with Gasteiger partial charge < -0.3 is 0 Å². The predicted molar refractivity (Wildman–Crippen MR) is 97.1 cm³/mol. The Kier molecular flexibility index (Phi) is 4.91. The molecule has 0 N–H and O–H groups in total. The lowest BCUT2D eigenvalue weighted by Crippen LogP contribution is -1.95. The van der Waals surface area contributed by atoms with Gasteiger partial charge in [-0.2, -0.15) is 0 Å². The van der Waals surface area contributed by atoms with Crippen molar-refractivity contribution in [1.29, 1.82) is 0 Å². The summed E-state index contributed by atoms with van der Waals surface area (Å²) in [5.41, 5.74) is 2.21. The summed E-state index contributed by atoms with van der Waals surface area (Å²) >= 11 is 9.39. The molecule has 0 fully saturated rings. The lowest BCUT2D eigenvalue weighted by Gasteiger charge is -2.07. The summed E-state index contributed by atoms with van der Waals surface area (Å²) in [6, 6.07) is 14.9. The average molecular weight is 347 g/mol. The fraction of sp³-hybridized carbons (Fsp3) is 0.176. The van der Waals surface area contributed by atoms with Gasteiger partial charge in [0, 0.05) is 11.3 Å². The second-order valence-corrected chi connectivity index (χ2v) is 7.00. The SMILES string of the molecule is CSc1nc(SCc2ccc3ccccc3c2)nc(Cl)c1C. The van der Waals surface area contributed by atoms with Crippen LogP contribution in [-0.4, -0.2) is 16.2 Å². The normalized spacial score (nSPS) is 11.0. The minimum atomic E-state index is 0.542. The molecule has 2 nitrogen and oxygen atoms in total. The summed E-state index contributed by atoms with van der Waals surface area (Å²) < 4.78 is 0. The first-order chi connectivity index (χ1) is 10.7. The second-order valence-electron chi connectivity index (χ2n) is 4.90. The van der Waals surface area contributed by atoms with Crippen LogP contribution < -0.4 is 0 Å². The van der Waals surface area contributed by atoms with Crippen molar-refractivity contribution in [3.05, 3.63) is 58.7 Å². The van der Waals surface area contributed by atoms with E-state index in [1.165, 1.54) is 16.3 Å². The maximum absolute atomic E-state index is 6.18. The van der Waals surface area contributed by atoms with Gasteiger partial charge in [-0.05, 0) is 29.5 Å². The van der Waals surface area contributed by atoms with E-state index in [1.54, 1.807) is 23.5 Å². The molecule has 0 saturated carbocycles. The average Bonchev–Trinajstić information content (AvgIpc) is 2.55. The van der Waals surface area contributed by atoms with Crippen LogP contribution in [0.3, 0.4) is 0 Å². The minimum absolute atomic E-state index is 0.542. The highest BCUT2D eigenvalue weighted by Crippen LogP contribution is 2.28. The largest absolute Gasteiger partial charge is 0.216 e. The van der Waals surface area contributed by atoms with Crippen LogP contribution in [0.2, 0.25) is 5.15 Å². The number of rotatable bonds is 4. The van der Waals surface area contributed by atoms with Crippen LogP contribution in [-0.2, 0) is 5.75 Å². The van der Waals surface area contributed by atoms with Gasteiger partial charge in [0.1, 0.15) is 10.2 Å². The summed E-state index contributed by atoms with van der Waals surface area (Å²) in [5, 5.41) is 4.73. The molecule has 112 valence electrons. The van der Waals surface area contributed by atoms with E-state index in [0.29, 0.717) is 5.15 Å². The number of benzene rings is 2. The third-order valence-electron chi connectivity index (χ3n) is 3.40. The van der Waals surface area contributed by atoms with Gasteiger partial charge in [0.05, 0.1) is 0 Å². The first-order valence-corrected chi connectivity index (χ1v) is 9.45. The molecular formula is C17H15ClN2S2. The van der Waals surface area contributed by atoms with Crippen molar-refractivity contribution >= 4 is 45.9 Å². The fourth-order valence-corrected chi connectivity index (χ4v) is 3.89. The van der Waals surface area contributed by atoms with E-state index in [9.17, 15) is 0 Å². The monoisotopic (exact) mass is 346 g/mol. The standard InChI is InChI=1S/C17H15ClN2S2/c1-11-15(18)19-17(20-16(11)21-2)22-10-12-7-8-13-5-3-4-6-14(13)9-12/h3-9H,10H2,1-2H3. The third kappa shape index (κ3) is 3.40. The van der Waals surface area contributed by atoms with Crippen LogP contribution in [0.1, 0.15) is 11.1 Å². The molecule has 0 amide bonds. The van der Waals surface area contributed by atoms with Crippen molar-refractivity contribution in [1.82, 2.24) is 9.97 Å². The van der Waals surface area contributed by atoms with Crippen molar-refractivity contribution < 1.29 is 0 Å². The Hall–Kier alpha value is -1.23. The molecule has 0 bridgehead atoms. The number of halogens is 1. The molecule has 5 heteroatoms. The van der Waals surface area contributed by atoms with Gasteiger partial charge in [0.25, 0.3) is 0 Å². The first kappa shape index (κ1) is 15.7. The topological polar surface area (TPSA) is 25.8 Å². The molecule has 22 heavy (non-hydrogen) atoms. The molecule has 3 rings (SSSR count). The Morgan fingerprint density at radius 2 is 1.82 bits per heavy atom. The van der Waals surface area contributed by atoms with Gasteiger partial charge in [-0.1, -0.05) is 65.8 Å². The highest BCUT2D eigenvalue weighted by molar-refractivity contribution is 7.99. The Labute approximate surface area is 143 Å². The number of aromatic nitrogens is 2. The molecule has 0 aliphatic carbocycles. The van der Waals surface area contributed by atoms with Gasteiger partial charge in [-0.3, -0.25) is 0 Å². The molecule has 1 heterocycles. The van der Waals surface area contributed by atoms with E-state index in [2.05, 4.69) is 52.4 Å². The smallest absolute Gasteiger partial charge is 0.190 e. The highest BCUT2D eigenvalue weighted by atomic mass is 35.5. The molecule has 3 aromatic rings. The predicted octanol–water partition coefficient (Wildman–Crippen LogP) is 5.61. The minimum Gasteiger partial charge on any atom is -0.216 e. The van der Waals surface area contributed by atoms with E-state index in [0.717, 1.165) is 21.5 Å². The quantitative estimate of drug-likeness (QED) is 0.348. The summed E-state index contributed by atoms with van der Waals surface area (Å²) in [5.74, 6) is 0.831. The lowest BCUT2D eigenvalue weighted by molar-refractivity contribution is 0.870. The zero-order chi connectivity index (χ0) is 15.5. The molecule has 1 aromatic heterocycles. The molecule has 0 radical (unpaired) electrons. The van der Waals surface area contributed by atoms with Crippen LogP contribution in [0.4, 0.5) is 0 Å². The zero-order valence-electron chi connectivity index (χ0n) is 12.3. The Morgan fingerprint density at radius 1 is 1.05 bits per heavy atom. The van der Waals surface area contributed by atoms with Crippen molar-refractivity contribution in [3.8, 4) is 0 Å². The maximum atomic E-state index is 6.18. The number of hydrogen-bond donors (Lipinski definition) is 0. The van der Waals surface area contributed by atoms with Gasteiger partial charge in [-0.25, -0.2) is 9.97 Å². The van der Waals surface area contributed by atoms with Crippen molar-refractivity contribution in [2.24, 2.45) is 0 Å². The Bertz CT molecular complexity index is 821. The molecular weight excluding hydrogens is 332 g/mol. The third-order valence-corrected chi connectivity index (χ3v) is 5.47. The molecule has 0 aliphatic rings. The van der Waals surface area contributed by atoms with Crippen molar-refractivity contribution in [3.63, 3.8) is 0 Å². The van der Waals surface area contributed by atoms with Crippen LogP contribution in [0, 0.1) is 6.92 Å². The van der Waals surface area contributed by atoms with Gasteiger partial charge in [0.2, 0.25) is 0 Å². The van der Waals surface area contributed by atoms with E-state index in [1.807, 2.05) is 13.2 Å². The van der Waals surface area contributed by atoms with Crippen LogP contribution in [0.5, 0.6) is 0 Å². The highest BCUT2D eigenvalue weighted by Gasteiger charge is 2.09. The molecule has 0 unspecified atom stereocenters. The molecule has 0 atom stereocenters. The Morgan fingerprint density at radius 3 is 2.59 bits per heavy atom. The molecule has 0 saturated heterocycles. The first-order valence-electron chi connectivity index (χ1n) is 6.86. The fourth-order valence-electron chi connectivity index (χ4n) is 2.19. The maximum Gasteiger partial charge on any atom is 0.190 e. The number of thioether (sulfide) groups is 2. The van der Waals surface area contributed by atoms with Gasteiger partial charge in [-0.15, -0.1) is 11.8 Å². The van der Waals surface area contributed by atoms with Gasteiger partial charge >= 0.3 is 0 Å². The van der Waals surface area contributed by atoms with E-state index >= 15 is 0 Å². The van der Waals surface area contributed by atoms with Crippen molar-refractivity contribution in [2.75, 3.05) is 6.26 Å². The Balaban J connectivity index is 1.80. The van der Waals surface area contributed by atoms with Crippen LogP contribution in [0.25, 0.3) is 10.8 Å². The van der Waals surface area contributed by atoms with E-state index in [-0.39, 0.29) is 0 Å². The number of fused-ring (bicyclic) bond motifs is 1. The summed E-state index contributed by atoms with van der Waals surface area (Å²) in [6.45, 7) is 1.95. The van der Waals surface area contributed by atoms with Gasteiger partial charge in [0.15, 0.2) is 5.16 Å². The molecule has 2 aromatic carbocycles. The second kappa shape index (κ2) is 6.90. The van der Waals surface area contributed by atoms with Crippen LogP contribution >= 0.6 is 35.1 Å². The lowest BCUT2D eigenvalue weighted by atomic mass is 10.1. The molecule has 0 aliphatic heterocycles. The summed E-state index contributed by atoms with van der Waals surface area (Å²) in [6.07, 6.45) is 2.00.